The van der Waals surface area contributed by atoms with Gasteiger partial charge in [0.05, 0.1) is 10.8 Å². The van der Waals surface area contributed by atoms with Crippen molar-refractivity contribution in [3.63, 3.8) is 0 Å². The van der Waals surface area contributed by atoms with Crippen LogP contribution in [0.1, 0.15) is 112 Å². The number of hydrogen-bond acceptors (Lipinski definition) is 11. The number of carbonyl (C=O) groups is 6. The first-order valence-electron chi connectivity index (χ1n) is 19.4. The number of rotatable bonds is 20. The maximum atomic E-state index is 16.0. The molecule has 15 nitrogen and oxygen atoms in total. The van der Waals surface area contributed by atoms with Crippen LogP contribution in [-0.2, 0) is 57.5 Å². The van der Waals surface area contributed by atoms with Crippen molar-refractivity contribution in [3.05, 3.63) is 41.5 Å². The Bertz CT molecular complexity index is 1720. The molecular weight excluding hydrogens is 781 g/mol. The maximum Gasteiger partial charge on any atom is 0.410 e. The zero-order chi connectivity index (χ0) is 43.8. The summed E-state index contributed by atoms with van der Waals surface area (Å²) in [6.45, 7) is 12.5. The molecule has 1 heterocycles. The van der Waals surface area contributed by atoms with Gasteiger partial charge in [-0.3, -0.25) is 42.4 Å². The molecule has 1 aromatic carbocycles. The summed E-state index contributed by atoms with van der Waals surface area (Å²) in [5.74, 6) is -3.23. The predicted molar refractivity (Wildman–Crippen MR) is 209 cm³/mol. The van der Waals surface area contributed by atoms with Crippen molar-refractivity contribution >= 4 is 48.7 Å². The number of carbonyl (C=O) groups excluding carboxylic acids is 6. The minimum absolute atomic E-state index is 0.0105. The molecule has 0 bridgehead atoms. The lowest BCUT2D eigenvalue weighted by Crippen LogP contribution is -2.55. The number of nitrogens with two attached hydrogens (primary N) is 1. The van der Waals surface area contributed by atoms with Crippen LogP contribution in [0.15, 0.2) is 30.3 Å². The molecule has 18 heteroatoms. The monoisotopic (exact) mass is 840 g/mol. The predicted octanol–water partition coefficient (Wildman–Crippen LogP) is 5.75. The summed E-state index contributed by atoms with van der Waals surface area (Å²) in [4.78, 5) is 77.7. The first kappa shape index (κ1) is 48.2. The molecule has 0 aromatic heterocycles. The van der Waals surface area contributed by atoms with Crippen LogP contribution in [0.25, 0.3) is 5.57 Å². The number of likely N-dealkylation sites (tertiary alicyclic amines) is 1. The van der Waals surface area contributed by atoms with Gasteiger partial charge in [-0.05, 0) is 97.6 Å². The van der Waals surface area contributed by atoms with E-state index in [-0.39, 0.29) is 36.1 Å². The van der Waals surface area contributed by atoms with Crippen molar-refractivity contribution in [1.82, 2.24) is 15.5 Å². The second kappa shape index (κ2) is 19.7. The third-order valence-electron chi connectivity index (χ3n) is 9.80. The third-order valence-corrected chi connectivity index (χ3v) is 11.6. The van der Waals surface area contributed by atoms with Gasteiger partial charge in [0.15, 0.2) is 0 Å². The Hall–Kier alpha value is -4.21. The van der Waals surface area contributed by atoms with Gasteiger partial charge >= 0.3 is 25.2 Å². The van der Waals surface area contributed by atoms with E-state index >= 15 is 8.78 Å². The highest BCUT2D eigenvalue weighted by Crippen LogP contribution is 2.67. The van der Waals surface area contributed by atoms with E-state index in [0.29, 0.717) is 36.9 Å². The van der Waals surface area contributed by atoms with Gasteiger partial charge in [-0.1, -0.05) is 44.0 Å². The second-order valence-corrected chi connectivity index (χ2v) is 19.1. The molecule has 324 valence electrons. The Morgan fingerprint density at radius 2 is 1.48 bits per heavy atom. The van der Waals surface area contributed by atoms with Crippen LogP contribution in [0.3, 0.4) is 0 Å². The van der Waals surface area contributed by atoms with E-state index in [1.54, 1.807) is 13.8 Å². The molecule has 2 aliphatic rings. The SMILES string of the molecule is CCCC[C@H](NC(=O)/C=C(\C)c1ccc(C(F)(F)P(=O)(OCOC(=O)C(C)(C)C)OCOC(=O)C(C)(C)C)cc1)C(=O)N1CC2C[C@H]2[C@H]1C(=O)N[C@H](C)CCC(N)=O. The van der Waals surface area contributed by atoms with Crippen molar-refractivity contribution in [2.75, 3.05) is 20.1 Å². The average Bonchev–Trinajstić information content (AvgIpc) is 3.79. The minimum Gasteiger partial charge on any atom is -0.438 e. The van der Waals surface area contributed by atoms with Crippen molar-refractivity contribution in [1.29, 1.82) is 0 Å². The number of allylic oxidation sites excluding steroid dienone is 1. The molecule has 1 saturated carbocycles. The Balaban J connectivity index is 1.76. The largest absolute Gasteiger partial charge is 0.438 e. The zero-order valence-electron chi connectivity index (χ0n) is 34.9. The van der Waals surface area contributed by atoms with Gasteiger partial charge in [0, 0.05) is 30.6 Å². The number of nitrogens with zero attached hydrogens (tertiary/aromatic N) is 1. The molecule has 5 atom stereocenters. The molecule has 2 fully saturated rings. The Labute approximate surface area is 339 Å². The number of benzene rings is 1. The number of halogens is 2. The quantitative estimate of drug-likeness (QED) is 0.0623. The number of ether oxygens (including phenoxy) is 2. The number of primary amides is 1. The number of alkyl halides is 2. The van der Waals surface area contributed by atoms with E-state index in [0.717, 1.165) is 25.0 Å². The first-order chi connectivity index (χ1) is 26.8. The van der Waals surface area contributed by atoms with Crippen molar-refractivity contribution in [2.45, 2.75) is 125 Å². The van der Waals surface area contributed by atoms with Crippen molar-refractivity contribution in [2.24, 2.45) is 28.4 Å². The number of unbranched alkanes of at least 4 members (excludes halogenated alkanes) is 1. The summed E-state index contributed by atoms with van der Waals surface area (Å²) >= 11 is 0. The Morgan fingerprint density at radius 1 is 0.931 bits per heavy atom. The van der Waals surface area contributed by atoms with Gasteiger partial charge in [0.25, 0.3) is 0 Å². The lowest BCUT2D eigenvalue weighted by molar-refractivity contribution is -0.163. The molecule has 4 amide bonds. The van der Waals surface area contributed by atoms with Crippen LogP contribution < -0.4 is 16.4 Å². The molecule has 3 rings (SSSR count). The van der Waals surface area contributed by atoms with Gasteiger partial charge in [0.2, 0.25) is 37.2 Å². The number of esters is 2. The number of fused-ring (bicyclic) bond motifs is 1. The fraction of sp³-hybridized carbons (Fsp3) is 0.650. The standard InChI is InChI=1S/C40H59F2N4O11P/c1-10-11-12-30(35(50)46-21-27-20-29(27)33(46)34(49)44-25(3)13-18-31(43)47)45-32(48)19-24(2)26-14-16-28(17-15-26)40(41,42)58(53,56-22-54-36(51)38(4,5)6)57-23-55-37(52)39(7,8)9/h14-17,19,25,27,29-30,33H,10-13,18,20-23H2,1-9H3,(H2,43,47)(H,44,49)(H,45,48)/b24-19+/t25-,27?,29-,30+,33+/m1/s1. The molecule has 4 N–H and O–H groups in total. The molecule has 1 saturated heterocycles. The number of amides is 4. The molecule has 0 spiro atoms. The van der Waals surface area contributed by atoms with Crippen LogP contribution in [0.4, 0.5) is 8.78 Å². The minimum atomic E-state index is -5.54. The molecule has 1 aliphatic heterocycles. The smallest absolute Gasteiger partial charge is 0.410 e. The number of hydrogen-bond donors (Lipinski definition) is 3. The van der Waals surface area contributed by atoms with E-state index in [1.165, 1.54) is 64.7 Å². The van der Waals surface area contributed by atoms with Crippen LogP contribution in [0.2, 0.25) is 0 Å². The summed E-state index contributed by atoms with van der Waals surface area (Å²) < 4.78 is 65.2. The molecule has 1 aromatic rings. The fourth-order valence-corrected chi connectivity index (χ4v) is 7.42. The van der Waals surface area contributed by atoms with Crippen LogP contribution >= 0.6 is 7.60 Å². The van der Waals surface area contributed by atoms with Gasteiger partial charge in [-0.15, -0.1) is 0 Å². The van der Waals surface area contributed by atoms with E-state index in [9.17, 15) is 33.3 Å². The van der Waals surface area contributed by atoms with Crippen LogP contribution in [0.5, 0.6) is 0 Å². The van der Waals surface area contributed by atoms with E-state index < -0.39 is 79.1 Å². The number of nitrogens with one attached hydrogen (secondary N) is 2. The van der Waals surface area contributed by atoms with Crippen LogP contribution in [-0.4, -0.2) is 78.7 Å². The van der Waals surface area contributed by atoms with E-state index in [2.05, 4.69) is 10.6 Å². The van der Waals surface area contributed by atoms with E-state index in [1.807, 2.05) is 6.92 Å². The summed E-state index contributed by atoms with van der Waals surface area (Å²) in [7, 11) is -5.54. The van der Waals surface area contributed by atoms with Gasteiger partial charge in [0.1, 0.15) is 12.1 Å². The maximum absolute atomic E-state index is 16.0. The van der Waals surface area contributed by atoms with Crippen molar-refractivity contribution in [3.8, 4) is 0 Å². The summed E-state index contributed by atoms with van der Waals surface area (Å²) in [5, 5.41) is 5.66. The zero-order valence-corrected chi connectivity index (χ0v) is 35.8. The molecular formula is C40H59F2N4O11P. The molecule has 1 aliphatic carbocycles. The third kappa shape index (κ3) is 12.9. The highest BCUT2D eigenvalue weighted by molar-refractivity contribution is 7.54. The topological polar surface area (TPSA) is 210 Å². The van der Waals surface area contributed by atoms with Crippen LogP contribution in [0, 0.1) is 22.7 Å². The fourth-order valence-electron chi connectivity index (χ4n) is 6.17. The molecule has 0 radical (unpaired) electrons. The van der Waals surface area contributed by atoms with Gasteiger partial charge in [-0.2, -0.15) is 8.78 Å². The average molecular weight is 841 g/mol. The van der Waals surface area contributed by atoms with Crippen molar-refractivity contribution < 1.29 is 60.6 Å². The normalized spacial score (nSPS) is 19.4. The lowest BCUT2D eigenvalue weighted by atomic mass is 9.98. The van der Waals surface area contributed by atoms with E-state index in [4.69, 9.17) is 24.3 Å². The first-order valence-corrected chi connectivity index (χ1v) is 21.0. The number of piperidine rings is 1. The molecule has 58 heavy (non-hydrogen) atoms. The Morgan fingerprint density at radius 3 is 1.98 bits per heavy atom. The summed E-state index contributed by atoms with van der Waals surface area (Å²) in [6, 6.07) is 2.46. The highest BCUT2D eigenvalue weighted by Gasteiger charge is 2.58. The summed E-state index contributed by atoms with van der Waals surface area (Å²) in [5.41, 5.74) is -1.26. The Kier molecular flexibility index (Phi) is 16.4. The van der Waals surface area contributed by atoms with Gasteiger partial charge in [-0.25, -0.2) is 0 Å². The lowest BCUT2D eigenvalue weighted by Gasteiger charge is -2.31. The second-order valence-electron chi connectivity index (χ2n) is 17.0. The highest BCUT2D eigenvalue weighted by atomic mass is 31.2. The van der Waals surface area contributed by atoms with Gasteiger partial charge < -0.3 is 30.7 Å². The molecule has 1 unspecified atom stereocenters. The summed E-state index contributed by atoms with van der Waals surface area (Å²) in [6.07, 6.45) is 4.18.